The lowest BCUT2D eigenvalue weighted by Crippen LogP contribution is -2.24. The van der Waals surface area contributed by atoms with Crippen LogP contribution in [-0.4, -0.2) is 6.54 Å². The molecule has 3 rings (SSSR count). The third-order valence-corrected chi connectivity index (χ3v) is 2.94. The van der Waals surface area contributed by atoms with Crippen molar-refractivity contribution in [2.45, 2.75) is 6.10 Å². The van der Waals surface area contributed by atoms with Crippen LogP contribution in [0.1, 0.15) is 11.7 Å². The van der Waals surface area contributed by atoms with Gasteiger partial charge in [0.1, 0.15) is 23.5 Å². The van der Waals surface area contributed by atoms with Crippen LogP contribution in [0, 0.1) is 11.6 Å². The molecule has 1 atom stereocenters. The number of anilines is 1. The fourth-order valence-electron chi connectivity index (χ4n) is 2.05. The van der Waals surface area contributed by atoms with E-state index in [4.69, 9.17) is 4.74 Å². The van der Waals surface area contributed by atoms with Gasteiger partial charge >= 0.3 is 0 Å². The average Bonchev–Trinajstić information content (AvgIpc) is 2.39. The van der Waals surface area contributed by atoms with E-state index in [1.165, 1.54) is 18.2 Å². The Morgan fingerprint density at radius 3 is 2.78 bits per heavy atom. The monoisotopic (exact) mass is 247 g/mol. The Bertz CT molecular complexity index is 586. The molecule has 0 fully saturated rings. The van der Waals surface area contributed by atoms with Gasteiger partial charge in [0.25, 0.3) is 0 Å². The van der Waals surface area contributed by atoms with Crippen LogP contribution >= 0.6 is 0 Å². The molecule has 0 saturated carbocycles. The molecular formula is C14H11F2NO. The van der Waals surface area contributed by atoms with E-state index in [-0.39, 0.29) is 11.6 Å². The Hall–Kier alpha value is -2.10. The molecule has 0 aliphatic carbocycles. The van der Waals surface area contributed by atoms with Crippen molar-refractivity contribution < 1.29 is 13.5 Å². The number of ether oxygens (including phenoxy) is 1. The zero-order chi connectivity index (χ0) is 12.5. The van der Waals surface area contributed by atoms with Crippen LogP contribution in [0.3, 0.4) is 0 Å². The van der Waals surface area contributed by atoms with E-state index in [9.17, 15) is 8.78 Å². The maximum atomic E-state index is 13.6. The van der Waals surface area contributed by atoms with Crippen LogP contribution < -0.4 is 10.1 Å². The Morgan fingerprint density at radius 2 is 1.94 bits per heavy atom. The van der Waals surface area contributed by atoms with Crippen LogP contribution in [0.2, 0.25) is 0 Å². The lowest BCUT2D eigenvalue weighted by Gasteiger charge is -2.27. The van der Waals surface area contributed by atoms with Crippen molar-refractivity contribution in [2.24, 2.45) is 0 Å². The van der Waals surface area contributed by atoms with Gasteiger partial charge in [-0.1, -0.05) is 18.2 Å². The summed E-state index contributed by atoms with van der Waals surface area (Å²) in [5, 5.41) is 3.05. The molecule has 0 saturated heterocycles. The number of hydrogen-bond donors (Lipinski definition) is 1. The van der Waals surface area contributed by atoms with Gasteiger partial charge in [-0.25, -0.2) is 8.78 Å². The smallest absolute Gasteiger partial charge is 0.144 e. The molecule has 18 heavy (non-hydrogen) atoms. The van der Waals surface area contributed by atoms with Crippen LogP contribution in [0.4, 0.5) is 14.5 Å². The van der Waals surface area contributed by atoms with Gasteiger partial charge in [0, 0.05) is 11.6 Å². The molecule has 4 heteroatoms. The number of benzene rings is 2. The normalized spacial score (nSPS) is 17.6. The summed E-state index contributed by atoms with van der Waals surface area (Å²) < 4.78 is 32.4. The van der Waals surface area contributed by atoms with Gasteiger partial charge in [-0.3, -0.25) is 0 Å². The summed E-state index contributed by atoms with van der Waals surface area (Å²) in [6.07, 6.45) is -0.399. The highest BCUT2D eigenvalue weighted by Crippen LogP contribution is 2.35. The van der Waals surface area contributed by atoms with Crippen LogP contribution in [0.5, 0.6) is 5.75 Å². The van der Waals surface area contributed by atoms with E-state index in [2.05, 4.69) is 5.32 Å². The molecule has 1 aliphatic rings. The summed E-state index contributed by atoms with van der Waals surface area (Å²) in [6, 6.07) is 10.7. The molecule has 0 amide bonds. The second kappa shape index (κ2) is 4.29. The van der Waals surface area contributed by atoms with Crippen molar-refractivity contribution in [3.05, 3.63) is 59.7 Å². The summed E-state index contributed by atoms with van der Waals surface area (Å²) in [6.45, 7) is 0.414. The average molecular weight is 247 g/mol. The fourth-order valence-corrected chi connectivity index (χ4v) is 2.05. The highest BCUT2D eigenvalue weighted by atomic mass is 19.1. The van der Waals surface area contributed by atoms with Crippen LogP contribution in [0.25, 0.3) is 0 Å². The molecule has 0 radical (unpaired) electrons. The van der Waals surface area contributed by atoms with Crippen molar-refractivity contribution >= 4 is 5.69 Å². The summed E-state index contributed by atoms with van der Waals surface area (Å²) in [5.41, 5.74) is 1.10. The van der Waals surface area contributed by atoms with E-state index >= 15 is 0 Å². The van der Waals surface area contributed by atoms with Crippen LogP contribution in [0.15, 0.2) is 42.5 Å². The predicted molar refractivity (Wildman–Crippen MR) is 64.7 cm³/mol. The molecule has 1 unspecified atom stereocenters. The van der Waals surface area contributed by atoms with Gasteiger partial charge in [0.15, 0.2) is 0 Å². The first-order valence-corrected chi connectivity index (χ1v) is 5.68. The number of halogens is 2. The van der Waals surface area contributed by atoms with E-state index in [0.29, 0.717) is 23.5 Å². The third kappa shape index (κ3) is 1.90. The zero-order valence-electron chi connectivity index (χ0n) is 9.49. The first-order valence-electron chi connectivity index (χ1n) is 5.68. The number of hydrogen-bond acceptors (Lipinski definition) is 2. The van der Waals surface area contributed by atoms with Gasteiger partial charge in [-0.15, -0.1) is 0 Å². The largest absolute Gasteiger partial charge is 0.482 e. The molecule has 0 spiro atoms. The lowest BCUT2D eigenvalue weighted by atomic mass is 10.1. The molecule has 1 heterocycles. The molecule has 1 aliphatic heterocycles. The predicted octanol–water partition coefficient (Wildman–Crippen LogP) is 3.51. The molecule has 1 N–H and O–H groups in total. The Labute approximate surface area is 103 Å². The molecular weight excluding hydrogens is 236 g/mol. The standard InChI is InChI=1S/C14H11F2NO/c15-9-5-6-13-12(7-9)17-8-14(18-13)10-3-1-2-4-11(10)16/h1-7,14,17H,8H2. The van der Waals surface area contributed by atoms with Crippen LogP contribution in [-0.2, 0) is 0 Å². The summed E-state index contributed by atoms with van der Waals surface area (Å²) in [5.74, 6) is -0.0834. The number of nitrogens with one attached hydrogen (secondary N) is 1. The second-order valence-electron chi connectivity index (χ2n) is 4.15. The van der Waals surface area contributed by atoms with Crippen molar-refractivity contribution in [1.82, 2.24) is 0 Å². The van der Waals surface area contributed by atoms with Crippen molar-refractivity contribution in [2.75, 3.05) is 11.9 Å². The van der Waals surface area contributed by atoms with Crippen molar-refractivity contribution in [3.63, 3.8) is 0 Å². The van der Waals surface area contributed by atoms with Gasteiger partial charge in [0.2, 0.25) is 0 Å². The number of fused-ring (bicyclic) bond motifs is 1. The minimum Gasteiger partial charge on any atom is -0.482 e. The Morgan fingerprint density at radius 1 is 1.11 bits per heavy atom. The molecule has 92 valence electrons. The van der Waals surface area contributed by atoms with Gasteiger partial charge < -0.3 is 10.1 Å². The number of rotatable bonds is 1. The van der Waals surface area contributed by atoms with E-state index in [1.807, 2.05) is 0 Å². The minimum absolute atomic E-state index is 0.296. The topological polar surface area (TPSA) is 21.3 Å². The van der Waals surface area contributed by atoms with E-state index in [0.717, 1.165) is 0 Å². The Kier molecular flexibility index (Phi) is 2.63. The second-order valence-corrected chi connectivity index (χ2v) is 4.15. The zero-order valence-corrected chi connectivity index (χ0v) is 9.49. The Balaban J connectivity index is 1.92. The quantitative estimate of drug-likeness (QED) is 0.832. The third-order valence-electron chi connectivity index (χ3n) is 2.94. The first-order chi connectivity index (χ1) is 8.74. The molecule has 2 aromatic carbocycles. The van der Waals surface area contributed by atoms with E-state index < -0.39 is 6.10 Å². The van der Waals surface area contributed by atoms with Gasteiger partial charge in [0.05, 0.1) is 12.2 Å². The van der Waals surface area contributed by atoms with Gasteiger partial charge in [-0.2, -0.15) is 0 Å². The highest BCUT2D eigenvalue weighted by molar-refractivity contribution is 5.58. The molecule has 2 nitrogen and oxygen atoms in total. The highest BCUT2D eigenvalue weighted by Gasteiger charge is 2.23. The van der Waals surface area contributed by atoms with E-state index in [1.54, 1.807) is 24.3 Å². The SMILES string of the molecule is Fc1ccc2c(c1)NCC(c1ccccc1F)O2. The van der Waals surface area contributed by atoms with Gasteiger partial charge in [-0.05, 0) is 18.2 Å². The van der Waals surface area contributed by atoms with Crippen molar-refractivity contribution in [3.8, 4) is 5.75 Å². The molecule has 0 aromatic heterocycles. The minimum atomic E-state index is -0.399. The molecule has 2 aromatic rings. The lowest BCUT2D eigenvalue weighted by molar-refractivity contribution is 0.205. The first kappa shape index (κ1) is 11.0. The summed E-state index contributed by atoms with van der Waals surface area (Å²) in [4.78, 5) is 0. The summed E-state index contributed by atoms with van der Waals surface area (Å²) in [7, 11) is 0. The maximum absolute atomic E-state index is 13.6. The van der Waals surface area contributed by atoms with Crippen molar-refractivity contribution in [1.29, 1.82) is 0 Å². The molecule has 0 bridgehead atoms. The summed E-state index contributed by atoms with van der Waals surface area (Å²) >= 11 is 0. The maximum Gasteiger partial charge on any atom is 0.144 e. The fraction of sp³-hybridized carbons (Fsp3) is 0.143.